The molecule has 10 nitrogen and oxygen atoms in total. The molecule has 1 aliphatic rings. The van der Waals surface area contributed by atoms with E-state index in [1.54, 1.807) is 11.1 Å². The summed E-state index contributed by atoms with van der Waals surface area (Å²) in [4.78, 5) is 57.9. The molecule has 0 aliphatic carbocycles. The fourth-order valence-electron chi connectivity index (χ4n) is 5.22. The Morgan fingerprint density at radius 3 is 2.48 bits per heavy atom. The SMILES string of the molecule is CC(C)(C)C(NC(=O)c1cc2cc(C(F)(F)P(=O)(O)O)ccc2[nH]1)C(=O)N1CCCC1c1ncc(-c2ccccc2)[nH]1. The molecular formula is C29H32F2N5O5P. The second kappa shape index (κ2) is 10.8. The van der Waals surface area contributed by atoms with Crippen LogP contribution in [0, 0.1) is 5.41 Å². The van der Waals surface area contributed by atoms with Crippen LogP contribution in [0.2, 0.25) is 0 Å². The highest BCUT2D eigenvalue weighted by molar-refractivity contribution is 7.52. The molecule has 0 radical (unpaired) electrons. The number of aromatic nitrogens is 3. The molecule has 42 heavy (non-hydrogen) atoms. The van der Waals surface area contributed by atoms with Gasteiger partial charge in [-0.1, -0.05) is 57.2 Å². The van der Waals surface area contributed by atoms with Crippen molar-refractivity contribution in [1.82, 2.24) is 25.2 Å². The highest BCUT2D eigenvalue weighted by Crippen LogP contribution is 2.59. The van der Waals surface area contributed by atoms with E-state index >= 15 is 0 Å². The van der Waals surface area contributed by atoms with Gasteiger partial charge in [0.2, 0.25) is 5.91 Å². The normalized spacial score (nSPS) is 17.0. The first-order chi connectivity index (χ1) is 19.7. The van der Waals surface area contributed by atoms with Crippen LogP contribution in [0.3, 0.4) is 0 Å². The summed E-state index contributed by atoms with van der Waals surface area (Å²) in [5.74, 6) is -0.226. The number of H-pyrrole nitrogens is 2. The molecule has 13 heteroatoms. The number of rotatable bonds is 7. The van der Waals surface area contributed by atoms with E-state index in [9.17, 15) is 22.9 Å². The molecule has 0 spiro atoms. The summed E-state index contributed by atoms with van der Waals surface area (Å²) >= 11 is 0. The Morgan fingerprint density at radius 1 is 1.10 bits per heavy atom. The monoisotopic (exact) mass is 599 g/mol. The van der Waals surface area contributed by atoms with Gasteiger partial charge in [-0.25, -0.2) is 4.98 Å². The topological polar surface area (TPSA) is 151 Å². The summed E-state index contributed by atoms with van der Waals surface area (Å²) in [6.45, 7) is 6.01. The van der Waals surface area contributed by atoms with Crippen LogP contribution in [0.1, 0.15) is 61.5 Å². The molecule has 2 aromatic carbocycles. The Bertz CT molecular complexity index is 1670. The van der Waals surface area contributed by atoms with Crippen molar-refractivity contribution in [2.75, 3.05) is 6.54 Å². The van der Waals surface area contributed by atoms with Crippen molar-refractivity contribution in [3.05, 3.63) is 77.9 Å². The molecule has 2 atom stereocenters. The maximum atomic E-state index is 14.2. The Hall–Kier alpha value is -3.86. The van der Waals surface area contributed by atoms with E-state index in [1.807, 2.05) is 51.1 Å². The number of aromatic amines is 2. The van der Waals surface area contributed by atoms with Crippen LogP contribution in [-0.2, 0) is 15.0 Å². The van der Waals surface area contributed by atoms with Crippen molar-refractivity contribution in [3.8, 4) is 11.3 Å². The van der Waals surface area contributed by atoms with E-state index < -0.39 is 36.2 Å². The number of halogens is 2. The summed E-state index contributed by atoms with van der Waals surface area (Å²) in [5, 5.41) is 2.98. The van der Waals surface area contributed by atoms with E-state index in [-0.39, 0.29) is 23.0 Å². The van der Waals surface area contributed by atoms with Gasteiger partial charge in [-0.2, -0.15) is 8.78 Å². The highest BCUT2D eigenvalue weighted by atomic mass is 31.2. The van der Waals surface area contributed by atoms with E-state index in [0.29, 0.717) is 24.3 Å². The predicted octanol–water partition coefficient (Wildman–Crippen LogP) is 5.29. The lowest BCUT2D eigenvalue weighted by Gasteiger charge is -2.35. The van der Waals surface area contributed by atoms with Crippen molar-refractivity contribution >= 4 is 30.3 Å². The number of amides is 2. The molecule has 2 unspecified atom stereocenters. The number of carbonyl (C=O) groups excluding carboxylic acids is 2. The van der Waals surface area contributed by atoms with Gasteiger partial charge in [0.15, 0.2) is 0 Å². The van der Waals surface area contributed by atoms with Gasteiger partial charge in [-0.15, -0.1) is 0 Å². The number of hydrogen-bond donors (Lipinski definition) is 5. The number of likely N-dealkylation sites (tertiary alicyclic amines) is 1. The number of nitrogens with zero attached hydrogens (tertiary/aromatic N) is 2. The van der Waals surface area contributed by atoms with E-state index in [2.05, 4.69) is 20.3 Å². The molecule has 2 aromatic heterocycles. The Balaban J connectivity index is 1.37. The lowest BCUT2D eigenvalue weighted by atomic mass is 9.85. The molecule has 1 aliphatic heterocycles. The van der Waals surface area contributed by atoms with Gasteiger partial charge in [-0.3, -0.25) is 14.2 Å². The Kier molecular flexibility index (Phi) is 7.59. The van der Waals surface area contributed by atoms with Crippen molar-refractivity contribution in [1.29, 1.82) is 0 Å². The van der Waals surface area contributed by atoms with Crippen LogP contribution >= 0.6 is 7.60 Å². The summed E-state index contributed by atoms with van der Waals surface area (Å²) in [6, 6.07) is 12.9. The van der Waals surface area contributed by atoms with Crippen LogP contribution in [0.5, 0.6) is 0 Å². The molecule has 5 N–H and O–H groups in total. The van der Waals surface area contributed by atoms with Crippen LogP contribution in [0.4, 0.5) is 8.78 Å². The summed E-state index contributed by atoms with van der Waals surface area (Å²) < 4.78 is 39.8. The van der Waals surface area contributed by atoms with Crippen LogP contribution < -0.4 is 5.32 Å². The molecule has 2 amide bonds. The van der Waals surface area contributed by atoms with E-state index in [0.717, 1.165) is 29.8 Å². The van der Waals surface area contributed by atoms with Crippen molar-refractivity contribution < 1.29 is 32.7 Å². The molecule has 3 heterocycles. The first-order valence-corrected chi connectivity index (χ1v) is 15.1. The largest absolute Gasteiger partial charge is 0.399 e. The number of hydrogen-bond acceptors (Lipinski definition) is 4. The molecule has 222 valence electrons. The molecule has 1 fully saturated rings. The maximum Gasteiger partial charge on any atom is 0.399 e. The molecule has 0 bridgehead atoms. The fourth-order valence-corrected chi connectivity index (χ4v) is 5.69. The predicted molar refractivity (Wildman–Crippen MR) is 153 cm³/mol. The summed E-state index contributed by atoms with van der Waals surface area (Å²) in [6.07, 6.45) is 3.22. The van der Waals surface area contributed by atoms with Gasteiger partial charge >= 0.3 is 13.3 Å². The first-order valence-electron chi connectivity index (χ1n) is 13.4. The molecule has 1 saturated heterocycles. The average Bonchev–Trinajstić information content (AvgIpc) is 3.69. The average molecular weight is 600 g/mol. The van der Waals surface area contributed by atoms with Crippen LogP contribution in [-0.4, -0.2) is 54.0 Å². The number of benzene rings is 2. The zero-order valence-corrected chi connectivity index (χ0v) is 24.2. The minimum absolute atomic E-state index is 0.0141. The lowest BCUT2D eigenvalue weighted by molar-refractivity contribution is -0.137. The second-order valence-electron chi connectivity index (χ2n) is 11.6. The Labute approximate surface area is 240 Å². The van der Waals surface area contributed by atoms with Gasteiger partial charge in [0.05, 0.1) is 17.9 Å². The second-order valence-corrected chi connectivity index (χ2v) is 13.2. The Morgan fingerprint density at radius 2 is 1.81 bits per heavy atom. The maximum absolute atomic E-state index is 14.2. The van der Waals surface area contributed by atoms with Gasteiger partial charge in [0.1, 0.15) is 17.6 Å². The molecular weight excluding hydrogens is 567 g/mol. The molecule has 5 rings (SSSR count). The standard InChI is InChI=1S/C29H32F2N5O5P/c1-28(2,3)24(27(38)36-13-7-10-23(36)25-32-16-22(34-25)17-8-5-4-6-9-17)35-26(37)21-15-18-14-19(11-12-20(18)33-21)29(30,31)42(39,40)41/h4-6,8-9,11-12,14-16,23-24,33H,7,10,13H2,1-3H3,(H,32,34)(H,35,37)(H2,39,40,41). The van der Waals surface area contributed by atoms with Gasteiger partial charge in [0, 0.05) is 23.0 Å². The minimum atomic E-state index is -5.75. The minimum Gasteiger partial charge on any atom is -0.351 e. The van der Waals surface area contributed by atoms with E-state index in [1.165, 1.54) is 12.1 Å². The lowest BCUT2D eigenvalue weighted by Crippen LogP contribution is -2.54. The molecule has 4 aromatic rings. The third-order valence-corrected chi connectivity index (χ3v) is 8.49. The first kappa shape index (κ1) is 29.6. The highest BCUT2D eigenvalue weighted by Gasteiger charge is 2.50. The number of fused-ring (bicyclic) bond motifs is 1. The number of imidazole rings is 1. The number of nitrogens with one attached hydrogen (secondary N) is 3. The zero-order chi connectivity index (χ0) is 30.4. The summed E-state index contributed by atoms with van der Waals surface area (Å²) in [7, 11) is -5.75. The number of carbonyl (C=O) groups is 2. The van der Waals surface area contributed by atoms with Gasteiger partial charge in [-0.05, 0) is 42.0 Å². The quantitative estimate of drug-likeness (QED) is 0.182. The summed E-state index contributed by atoms with van der Waals surface area (Å²) in [5.41, 5.74) is -3.79. The van der Waals surface area contributed by atoms with Crippen LogP contribution in [0.25, 0.3) is 22.2 Å². The van der Waals surface area contributed by atoms with Crippen molar-refractivity contribution in [2.24, 2.45) is 5.41 Å². The molecule has 0 saturated carbocycles. The van der Waals surface area contributed by atoms with Gasteiger partial charge < -0.3 is 30.0 Å². The van der Waals surface area contributed by atoms with Crippen molar-refractivity contribution in [3.63, 3.8) is 0 Å². The van der Waals surface area contributed by atoms with Crippen LogP contribution in [0.15, 0.2) is 60.8 Å². The number of alkyl halides is 2. The van der Waals surface area contributed by atoms with Gasteiger partial charge in [0.25, 0.3) is 5.91 Å². The fraction of sp³-hybridized carbons (Fsp3) is 0.345. The smallest absolute Gasteiger partial charge is 0.351 e. The third-order valence-electron chi connectivity index (χ3n) is 7.50. The zero-order valence-electron chi connectivity index (χ0n) is 23.3. The third kappa shape index (κ3) is 5.62. The van der Waals surface area contributed by atoms with Crippen molar-refractivity contribution in [2.45, 2.75) is 51.4 Å². The van der Waals surface area contributed by atoms with E-state index in [4.69, 9.17) is 9.79 Å².